The molecule has 1 aliphatic rings. The second-order valence-corrected chi connectivity index (χ2v) is 5.95. The lowest BCUT2D eigenvalue weighted by molar-refractivity contribution is 0.102. The number of pyridine rings is 1. The Morgan fingerprint density at radius 3 is 2.79 bits per heavy atom. The van der Waals surface area contributed by atoms with Crippen molar-refractivity contribution in [1.29, 1.82) is 0 Å². The number of aromatic hydroxyl groups is 1. The largest absolute Gasteiger partial charge is 0.508 e. The van der Waals surface area contributed by atoms with E-state index in [-0.39, 0.29) is 11.3 Å². The number of halogens is 1. The topological polar surface area (TPSA) is 79.5 Å². The molecule has 3 aromatic rings. The molecule has 0 radical (unpaired) electrons. The molecule has 6 nitrogen and oxygen atoms in total. The van der Waals surface area contributed by atoms with E-state index in [0.717, 1.165) is 24.7 Å². The Morgan fingerprint density at radius 1 is 1.25 bits per heavy atom. The van der Waals surface area contributed by atoms with Crippen LogP contribution in [0.2, 0.25) is 0 Å². The lowest BCUT2D eigenvalue weighted by Gasteiger charge is -2.23. The summed E-state index contributed by atoms with van der Waals surface area (Å²) in [6.07, 6.45) is 5.13. The van der Waals surface area contributed by atoms with Crippen molar-refractivity contribution in [3.8, 4) is 5.75 Å². The number of benzene rings is 1. The summed E-state index contributed by atoms with van der Waals surface area (Å²) in [6.45, 7) is 0. The molecule has 7 heteroatoms. The van der Waals surface area contributed by atoms with Gasteiger partial charge in [0.05, 0.1) is 11.3 Å². The van der Waals surface area contributed by atoms with Crippen LogP contribution in [0.1, 0.15) is 41.4 Å². The van der Waals surface area contributed by atoms with Gasteiger partial charge >= 0.3 is 0 Å². The van der Waals surface area contributed by atoms with Crippen LogP contribution >= 0.6 is 0 Å². The molecule has 1 aromatic carbocycles. The highest BCUT2D eigenvalue weighted by atomic mass is 19.1. The molecule has 122 valence electrons. The SMILES string of the molecule is O=C(Nc1ccc2nnc(C3CCC3)n2c1)c1ccc(O)cc1F. The predicted molar refractivity (Wildman–Crippen MR) is 85.6 cm³/mol. The van der Waals surface area contributed by atoms with Gasteiger partial charge in [-0.25, -0.2) is 4.39 Å². The van der Waals surface area contributed by atoms with Crippen molar-refractivity contribution in [2.24, 2.45) is 0 Å². The highest BCUT2D eigenvalue weighted by Gasteiger charge is 2.24. The van der Waals surface area contributed by atoms with Crippen LogP contribution in [0.25, 0.3) is 5.65 Å². The Kier molecular flexibility index (Phi) is 3.41. The van der Waals surface area contributed by atoms with Crippen LogP contribution in [0, 0.1) is 5.82 Å². The lowest BCUT2D eigenvalue weighted by Crippen LogP contribution is -2.15. The third kappa shape index (κ3) is 2.47. The molecule has 0 bridgehead atoms. The number of phenolic OH excluding ortho intramolecular Hbond substituents is 1. The molecule has 0 spiro atoms. The van der Waals surface area contributed by atoms with E-state index >= 15 is 0 Å². The first-order valence-electron chi connectivity index (χ1n) is 7.76. The summed E-state index contributed by atoms with van der Waals surface area (Å²) < 4.78 is 15.7. The van der Waals surface area contributed by atoms with Gasteiger partial charge in [0.25, 0.3) is 5.91 Å². The first-order valence-corrected chi connectivity index (χ1v) is 7.76. The number of anilines is 1. The van der Waals surface area contributed by atoms with Gasteiger partial charge < -0.3 is 10.4 Å². The van der Waals surface area contributed by atoms with E-state index in [0.29, 0.717) is 17.3 Å². The van der Waals surface area contributed by atoms with Crippen molar-refractivity contribution in [3.05, 3.63) is 53.7 Å². The van der Waals surface area contributed by atoms with E-state index in [2.05, 4.69) is 15.5 Å². The van der Waals surface area contributed by atoms with E-state index in [1.807, 2.05) is 4.40 Å². The number of rotatable bonds is 3. The number of hydrogen-bond donors (Lipinski definition) is 2. The van der Waals surface area contributed by atoms with Gasteiger partial charge in [0.2, 0.25) is 0 Å². The van der Waals surface area contributed by atoms with Gasteiger partial charge in [-0.15, -0.1) is 10.2 Å². The summed E-state index contributed by atoms with van der Waals surface area (Å²) in [6, 6.07) is 6.89. The number of aromatic nitrogens is 3. The van der Waals surface area contributed by atoms with Crippen molar-refractivity contribution in [3.63, 3.8) is 0 Å². The number of fused-ring (bicyclic) bond motifs is 1. The summed E-state index contributed by atoms with van der Waals surface area (Å²) in [5.41, 5.74) is 1.11. The minimum atomic E-state index is -0.770. The van der Waals surface area contributed by atoms with Crippen molar-refractivity contribution >= 4 is 17.2 Å². The van der Waals surface area contributed by atoms with Crippen molar-refractivity contribution < 1.29 is 14.3 Å². The molecule has 0 aliphatic heterocycles. The maximum atomic E-state index is 13.8. The first kappa shape index (κ1) is 14.6. The highest BCUT2D eigenvalue weighted by molar-refractivity contribution is 6.04. The highest BCUT2D eigenvalue weighted by Crippen LogP contribution is 2.35. The number of nitrogens with zero attached hydrogens (tertiary/aromatic N) is 3. The van der Waals surface area contributed by atoms with Crippen LogP contribution in [0.4, 0.5) is 10.1 Å². The molecule has 2 aromatic heterocycles. The number of carbonyl (C=O) groups excluding carboxylic acids is 1. The Balaban J connectivity index is 1.63. The van der Waals surface area contributed by atoms with Crippen LogP contribution in [0.15, 0.2) is 36.5 Å². The number of hydrogen-bond acceptors (Lipinski definition) is 4. The van der Waals surface area contributed by atoms with Crippen LogP contribution < -0.4 is 5.32 Å². The van der Waals surface area contributed by atoms with Crippen LogP contribution in [0.3, 0.4) is 0 Å². The Hall–Kier alpha value is -2.96. The molecule has 4 rings (SSSR count). The number of phenols is 1. The average molecular weight is 326 g/mol. The van der Waals surface area contributed by atoms with Gasteiger partial charge in [0, 0.05) is 18.2 Å². The quantitative estimate of drug-likeness (QED) is 0.775. The van der Waals surface area contributed by atoms with Crippen molar-refractivity contribution in [1.82, 2.24) is 14.6 Å². The third-order valence-electron chi connectivity index (χ3n) is 4.35. The number of amides is 1. The molecule has 0 unspecified atom stereocenters. The second-order valence-electron chi connectivity index (χ2n) is 5.95. The first-order chi connectivity index (χ1) is 11.6. The van der Waals surface area contributed by atoms with Gasteiger partial charge in [-0.1, -0.05) is 6.42 Å². The van der Waals surface area contributed by atoms with E-state index in [1.54, 1.807) is 18.3 Å². The molecule has 1 amide bonds. The molecule has 24 heavy (non-hydrogen) atoms. The van der Waals surface area contributed by atoms with E-state index < -0.39 is 11.7 Å². The van der Waals surface area contributed by atoms with Crippen LogP contribution in [-0.2, 0) is 0 Å². The van der Waals surface area contributed by atoms with Gasteiger partial charge in [-0.3, -0.25) is 9.20 Å². The van der Waals surface area contributed by atoms with E-state index in [1.165, 1.54) is 18.6 Å². The average Bonchev–Trinajstić information content (AvgIpc) is 2.88. The summed E-state index contributed by atoms with van der Waals surface area (Å²) in [5.74, 6) is -0.276. The molecular formula is C17H15FN4O2. The zero-order chi connectivity index (χ0) is 16.7. The second kappa shape index (κ2) is 5.59. The normalized spacial score (nSPS) is 14.5. The standard InChI is InChI=1S/C17H15FN4O2/c18-14-8-12(23)5-6-13(14)17(24)19-11-4-7-15-20-21-16(22(15)9-11)10-2-1-3-10/h4-10,23H,1-3H2,(H,19,24). The number of carbonyl (C=O) groups is 1. The zero-order valence-electron chi connectivity index (χ0n) is 12.7. The van der Waals surface area contributed by atoms with Gasteiger partial charge in [0.1, 0.15) is 17.4 Å². The third-order valence-corrected chi connectivity index (χ3v) is 4.35. The fraction of sp³-hybridized carbons (Fsp3) is 0.235. The maximum Gasteiger partial charge on any atom is 0.258 e. The minimum absolute atomic E-state index is 0.129. The summed E-state index contributed by atoms with van der Waals surface area (Å²) in [4.78, 5) is 12.2. The fourth-order valence-electron chi connectivity index (χ4n) is 2.81. The summed E-state index contributed by atoms with van der Waals surface area (Å²) in [7, 11) is 0. The molecule has 1 fully saturated rings. The molecule has 1 saturated carbocycles. The minimum Gasteiger partial charge on any atom is -0.508 e. The van der Waals surface area contributed by atoms with Crippen LogP contribution in [0.5, 0.6) is 5.75 Å². The van der Waals surface area contributed by atoms with Crippen molar-refractivity contribution in [2.75, 3.05) is 5.32 Å². The molecule has 2 N–H and O–H groups in total. The molecule has 1 aliphatic carbocycles. The van der Waals surface area contributed by atoms with Gasteiger partial charge in [0.15, 0.2) is 5.65 Å². The monoisotopic (exact) mass is 326 g/mol. The van der Waals surface area contributed by atoms with E-state index in [4.69, 9.17) is 0 Å². The van der Waals surface area contributed by atoms with Gasteiger partial charge in [-0.2, -0.15) is 0 Å². The molecule has 0 atom stereocenters. The zero-order valence-corrected chi connectivity index (χ0v) is 12.7. The smallest absolute Gasteiger partial charge is 0.258 e. The summed E-state index contributed by atoms with van der Waals surface area (Å²) in [5, 5.41) is 20.3. The Morgan fingerprint density at radius 2 is 2.08 bits per heavy atom. The van der Waals surface area contributed by atoms with Crippen molar-refractivity contribution in [2.45, 2.75) is 25.2 Å². The number of nitrogens with one attached hydrogen (secondary N) is 1. The lowest BCUT2D eigenvalue weighted by atomic mass is 9.85. The van der Waals surface area contributed by atoms with E-state index in [9.17, 15) is 14.3 Å². The Bertz CT molecular complexity index is 933. The Labute approximate surface area is 137 Å². The maximum absolute atomic E-state index is 13.8. The molecule has 0 saturated heterocycles. The van der Waals surface area contributed by atoms with Crippen LogP contribution in [-0.4, -0.2) is 25.6 Å². The van der Waals surface area contributed by atoms with Gasteiger partial charge in [-0.05, 0) is 37.1 Å². The molecule has 2 heterocycles. The predicted octanol–water partition coefficient (Wildman–Crippen LogP) is 3.09. The molecular weight excluding hydrogens is 311 g/mol. The fourth-order valence-corrected chi connectivity index (χ4v) is 2.81. The summed E-state index contributed by atoms with van der Waals surface area (Å²) >= 11 is 0.